The Morgan fingerprint density at radius 1 is 1.28 bits per heavy atom. The number of amides is 1. The molecule has 0 saturated carbocycles. The largest absolute Gasteiger partial charge is 0.423 e. The molecule has 3 heterocycles. The molecule has 0 unspecified atom stereocenters. The molecule has 0 aliphatic carbocycles. The molecule has 8 nitrogen and oxygen atoms in total. The fraction of sp³-hybridized carbons (Fsp3) is 0.647. The van der Waals surface area contributed by atoms with Crippen molar-refractivity contribution in [2.45, 2.75) is 52.6 Å². The molecule has 1 fully saturated rings. The molecule has 1 amide bonds. The van der Waals surface area contributed by atoms with E-state index in [1.165, 1.54) is 0 Å². The van der Waals surface area contributed by atoms with Gasteiger partial charge in [0.25, 0.3) is 5.91 Å². The van der Waals surface area contributed by atoms with Gasteiger partial charge in [-0.2, -0.15) is 5.10 Å². The first-order valence-electron chi connectivity index (χ1n) is 8.66. The Morgan fingerprint density at radius 3 is 2.64 bits per heavy atom. The summed E-state index contributed by atoms with van der Waals surface area (Å²) in [5, 5.41) is 12.6. The number of hydrogen-bond acceptors (Lipinski definition) is 6. The Morgan fingerprint density at radius 2 is 2.04 bits per heavy atom. The van der Waals surface area contributed by atoms with E-state index in [1.807, 2.05) is 39.3 Å². The van der Waals surface area contributed by atoms with Gasteiger partial charge in [-0.3, -0.25) is 9.48 Å². The summed E-state index contributed by atoms with van der Waals surface area (Å²) in [6.07, 6.45) is 1.64. The molecule has 25 heavy (non-hydrogen) atoms. The first-order chi connectivity index (χ1) is 11.9. The number of aromatic nitrogens is 4. The van der Waals surface area contributed by atoms with Crippen molar-refractivity contribution < 1.29 is 13.9 Å². The van der Waals surface area contributed by atoms with E-state index >= 15 is 0 Å². The monoisotopic (exact) mass is 347 g/mol. The molecule has 1 aliphatic rings. The van der Waals surface area contributed by atoms with Crippen LogP contribution >= 0.6 is 0 Å². The first kappa shape index (κ1) is 17.6. The predicted octanol–water partition coefficient (Wildman–Crippen LogP) is 2.49. The molecule has 1 aliphatic heterocycles. The van der Waals surface area contributed by atoms with Gasteiger partial charge >= 0.3 is 0 Å². The van der Waals surface area contributed by atoms with Gasteiger partial charge in [-0.15, -0.1) is 10.2 Å². The van der Waals surface area contributed by atoms with Crippen LogP contribution in [0.15, 0.2) is 10.6 Å². The first-order valence-corrected chi connectivity index (χ1v) is 8.66. The third-order valence-electron chi connectivity index (χ3n) is 4.39. The van der Waals surface area contributed by atoms with Crippen molar-refractivity contribution in [2.24, 2.45) is 0 Å². The lowest BCUT2D eigenvalue weighted by atomic mass is 10.1. The number of morpholine rings is 1. The van der Waals surface area contributed by atoms with Crippen molar-refractivity contribution in [3.63, 3.8) is 0 Å². The minimum absolute atomic E-state index is 0.0815. The van der Waals surface area contributed by atoms with Gasteiger partial charge in [-0.25, -0.2) is 0 Å². The Balaban J connectivity index is 1.88. The van der Waals surface area contributed by atoms with Crippen LogP contribution in [0.4, 0.5) is 0 Å². The molecule has 0 radical (unpaired) electrons. The highest BCUT2D eigenvalue weighted by atomic mass is 16.5. The van der Waals surface area contributed by atoms with Crippen LogP contribution in [0.3, 0.4) is 0 Å². The molecular weight excluding hydrogens is 322 g/mol. The van der Waals surface area contributed by atoms with Crippen LogP contribution in [-0.2, 0) is 4.74 Å². The van der Waals surface area contributed by atoms with E-state index in [0.29, 0.717) is 37.1 Å². The van der Waals surface area contributed by atoms with Crippen LogP contribution in [0.2, 0.25) is 0 Å². The average Bonchev–Trinajstić information content (AvgIpc) is 3.21. The van der Waals surface area contributed by atoms with E-state index in [-0.39, 0.29) is 23.9 Å². The highest BCUT2D eigenvalue weighted by Crippen LogP contribution is 2.27. The zero-order valence-electron chi connectivity index (χ0n) is 15.4. The molecule has 136 valence electrons. The second kappa shape index (κ2) is 6.95. The Kier molecular flexibility index (Phi) is 4.89. The van der Waals surface area contributed by atoms with Gasteiger partial charge < -0.3 is 14.1 Å². The van der Waals surface area contributed by atoms with E-state index in [1.54, 1.807) is 11.1 Å². The van der Waals surface area contributed by atoms with Gasteiger partial charge in [0, 0.05) is 24.2 Å². The highest BCUT2D eigenvalue weighted by molar-refractivity contribution is 5.95. The number of nitrogens with zero attached hydrogens (tertiary/aromatic N) is 5. The molecule has 3 rings (SSSR count). The quantitative estimate of drug-likeness (QED) is 0.844. The Labute approximate surface area is 147 Å². The predicted molar refractivity (Wildman–Crippen MR) is 90.3 cm³/mol. The molecule has 0 N–H and O–H groups in total. The van der Waals surface area contributed by atoms with Crippen molar-refractivity contribution in [3.8, 4) is 0 Å². The summed E-state index contributed by atoms with van der Waals surface area (Å²) in [6.45, 7) is 11.3. The van der Waals surface area contributed by atoms with Gasteiger partial charge in [0.2, 0.25) is 11.8 Å². The smallest absolute Gasteiger partial charge is 0.258 e. The molecule has 1 saturated heterocycles. The number of rotatable bonds is 4. The molecule has 2 aromatic rings. The fourth-order valence-corrected chi connectivity index (χ4v) is 2.97. The molecule has 0 spiro atoms. The lowest BCUT2D eigenvalue weighted by molar-refractivity contribution is -0.0108. The van der Waals surface area contributed by atoms with Crippen LogP contribution < -0.4 is 0 Å². The zero-order chi connectivity index (χ0) is 18.1. The van der Waals surface area contributed by atoms with E-state index in [9.17, 15) is 4.79 Å². The highest BCUT2D eigenvalue weighted by Gasteiger charge is 2.34. The lowest BCUT2D eigenvalue weighted by Crippen LogP contribution is -2.43. The van der Waals surface area contributed by atoms with Crippen LogP contribution in [0, 0.1) is 6.92 Å². The van der Waals surface area contributed by atoms with Crippen LogP contribution in [0.25, 0.3) is 0 Å². The molecule has 2 aromatic heterocycles. The number of carbonyl (C=O) groups excluding carboxylic acids is 1. The summed E-state index contributed by atoms with van der Waals surface area (Å²) in [5.74, 6) is 1.05. The number of carbonyl (C=O) groups is 1. The standard InChI is InChI=1S/C17H25N5O3/c1-10(2)15-19-20-16(25-15)14-9-24-7-6-21(14)17(23)13-8-18-22(11(3)4)12(13)5/h8,10-11,14H,6-7,9H2,1-5H3/t14-/m0/s1. The Hall–Kier alpha value is -2.22. The van der Waals surface area contributed by atoms with Crippen LogP contribution in [0.5, 0.6) is 0 Å². The summed E-state index contributed by atoms with van der Waals surface area (Å²) >= 11 is 0. The summed E-state index contributed by atoms with van der Waals surface area (Å²) in [5.41, 5.74) is 1.46. The van der Waals surface area contributed by atoms with Gasteiger partial charge in [0.1, 0.15) is 6.04 Å². The minimum Gasteiger partial charge on any atom is -0.423 e. The summed E-state index contributed by atoms with van der Waals surface area (Å²) in [4.78, 5) is 14.9. The maximum absolute atomic E-state index is 13.1. The SMILES string of the molecule is Cc1c(C(=O)N2CCOC[C@H]2c2nnc(C(C)C)o2)cnn1C(C)C. The molecule has 0 bridgehead atoms. The normalized spacial score (nSPS) is 18.4. The minimum atomic E-state index is -0.372. The van der Waals surface area contributed by atoms with Crippen LogP contribution in [-0.4, -0.2) is 50.5 Å². The van der Waals surface area contributed by atoms with Crippen molar-refractivity contribution in [2.75, 3.05) is 19.8 Å². The summed E-state index contributed by atoms with van der Waals surface area (Å²) in [7, 11) is 0. The van der Waals surface area contributed by atoms with Crippen molar-refractivity contribution in [3.05, 3.63) is 29.2 Å². The van der Waals surface area contributed by atoms with Crippen molar-refractivity contribution in [1.29, 1.82) is 0 Å². The van der Waals surface area contributed by atoms with E-state index < -0.39 is 0 Å². The second-order valence-corrected chi connectivity index (χ2v) is 6.90. The fourth-order valence-electron chi connectivity index (χ4n) is 2.97. The third-order valence-corrected chi connectivity index (χ3v) is 4.39. The topological polar surface area (TPSA) is 86.3 Å². The lowest BCUT2D eigenvalue weighted by Gasteiger charge is -2.33. The third kappa shape index (κ3) is 3.30. The average molecular weight is 347 g/mol. The molecular formula is C17H25N5O3. The molecule has 1 atom stereocenters. The van der Waals surface area contributed by atoms with Gasteiger partial charge in [-0.05, 0) is 20.8 Å². The van der Waals surface area contributed by atoms with Gasteiger partial charge in [-0.1, -0.05) is 13.8 Å². The zero-order valence-corrected chi connectivity index (χ0v) is 15.4. The van der Waals surface area contributed by atoms with Gasteiger partial charge in [0.05, 0.1) is 25.0 Å². The van der Waals surface area contributed by atoms with E-state index in [0.717, 1.165) is 5.69 Å². The molecule has 8 heteroatoms. The van der Waals surface area contributed by atoms with E-state index in [4.69, 9.17) is 9.15 Å². The molecule has 0 aromatic carbocycles. The summed E-state index contributed by atoms with van der Waals surface area (Å²) < 4.78 is 13.2. The maximum Gasteiger partial charge on any atom is 0.258 e. The second-order valence-electron chi connectivity index (χ2n) is 6.90. The van der Waals surface area contributed by atoms with Crippen LogP contribution in [0.1, 0.15) is 73.5 Å². The van der Waals surface area contributed by atoms with Crippen molar-refractivity contribution >= 4 is 5.91 Å². The summed E-state index contributed by atoms with van der Waals surface area (Å²) in [6, 6.07) is -0.172. The number of ether oxygens (including phenoxy) is 1. The number of hydrogen-bond donors (Lipinski definition) is 0. The van der Waals surface area contributed by atoms with E-state index in [2.05, 4.69) is 15.3 Å². The maximum atomic E-state index is 13.1. The Bertz CT molecular complexity index is 749. The van der Waals surface area contributed by atoms with Crippen molar-refractivity contribution in [1.82, 2.24) is 24.9 Å². The van der Waals surface area contributed by atoms with Gasteiger partial charge in [0.15, 0.2) is 0 Å².